The highest BCUT2D eigenvalue weighted by Crippen LogP contribution is 2.43. The monoisotopic (exact) mass is 516 g/mol. The van der Waals surface area contributed by atoms with Gasteiger partial charge in [-0.3, -0.25) is 4.79 Å². The maximum atomic E-state index is 13.1. The summed E-state index contributed by atoms with van der Waals surface area (Å²) in [4.78, 5) is 21.6. The molecule has 0 bridgehead atoms. The van der Waals surface area contributed by atoms with E-state index in [4.69, 9.17) is 20.2 Å². The number of nitrogens with zero attached hydrogens (tertiary/aromatic N) is 2. The van der Waals surface area contributed by atoms with Crippen LogP contribution in [0, 0.1) is 0 Å². The summed E-state index contributed by atoms with van der Waals surface area (Å²) in [5.41, 5.74) is 9.71. The molecule has 0 unspecified atom stereocenters. The Morgan fingerprint density at radius 1 is 1.22 bits per heavy atom. The predicted octanol–water partition coefficient (Wildman–Crippen LogP) is 4.58. The molecule has 1 amide bonds. The van der Waals surface area contributed by atoms with Crippen LogP contribution in [0.2, 0.25) is 0 Å². The van der Waals surface area contributed by atoms with Gasteiger partial charge < -0.3 is 25.4 Å². The van der Waals surface area contributed by atoms with Crippen molar-refractivity contribution >= 4 is 60.6 Å². The van der Waals surface area contributed by atoms with Crippen LogP contribution in [0.3, 0.4) is 0 Å². The van der Waals surface area contributed by atoms with Gasteiger partial charge in [0.15, 0.2) is 0 Å². The number of carbonyl (C=O) groups is 1. The lowest BCUT2D eigenvalue weighted by atomic mass is 9.89. The van der Waals surface area contributed by atoms with Crippen LogP contribution in [0.4, 0.5) is 17.2 Å². The molecule has 4 heterocycles. The van der Waals surface area contributed by atoms with Gasteiger partial charge in [-0.15, -0.1) is 11.3 Å². The molecule has 7 nitrogen and oxygen atoms in total. The van der Waals surface area contributed by atoms with Gasteiger partial charge in [0.2, 0.25) is 0 Å². The number of fused-ring (bicyclic) bond motifs is 3. The quantitative estimate of drug-likeness (QED) is 0.529. The van der Waals surface area contributed by atoms with E-state index in [1.165, 1.54) is 11.3 Å². The molecule has 1 fully saturated rings. The van der Waals surface area contributed by atoms with Gasteiger partial charge in [0, 0.05) is 40.6 Å². The number of pyridine rings is 1. The highest BCUT2D eigenvalue weighted by atomic mass is 79.9. The van der Waals surface area contributed by atoms with Gasteiger partial charge in [-0.05, 0) is 43.7 Å². The Morgan fingerprint density at radius 3 is 2.66 bits per heavy atom. The first kappa shape index (κ1) is 21.6. The number of nitrogen functional groups attached to an aromatic ring is 1. The number of aromatic nitrogens is 1. The minimum atomic E-state index is -0.308. The Morgan fingerprint density at radius 2 is 1.94 bits per heavy atom. The van der Waals surface area contributed by atoms with Gasteiger partial charge in [0.25, 0.3) is 5.91 Å². The smallest absolute Gasteiger partial charge is 0.267 e. The molecule has 0 atom stereocenters. The third kappa shape index (κ3) is 3.98. The fraction of sp³-hybridized carbons (Fsp3) is 0.391. The Balaban J connectivity index is 1.60. The third-order valence-corrected chi connectivity index (χ3v) is 7.53. The van der Waals surface area contributed by atoms with Gasteiger partial charge in [0.1, 0.15) is 15.5 Å². The van der Waals surface area contributed by atoms with Gasteiger partial charge in [0.05, 0.1) is 31.1 Å². The zero-order valence-corrected chi connectivity index (χ0v) is 20.4. The first-order valence-corrected chi connectivity index (χ1v) is 12.2. The van der Waals surface area contributed by atoms with Gasteiger partial charge in [-0.25, -0.2) is 4.98 Å². The molecule has 0 saturated carbocycles. The molecule has 0 radical (unpaired) electrons. The summed E-state index contributed by atoms with van der Waals surface area (Å²) in [7, 11) is 0. The average molecular weight is 517 g/mol. The van der Waals surface area contributed by atoms with E-state index in [0.29, 0.717) is 42.5 Å². The lowest BCUT2D eigenvalue weighted by molar-refractivity contribution is -0.0396. The molecule has 32 heavy (non-hydrogen) atoms. The van der Waals surface area contributed by atoms with Gasteiger partial charge >= 0.3 is 0 Å². The van der Waals surface area contributed by atoms with Crippen molar-refractivity contribution in [3.8, 4) is 0 Å². The lowest BCUT2D eigenvalue weighted by Gasteiger charge is -2.36. The minimum absolute atomic E-state index is 0.221. The summed E-state index contributed by atoms with van der Waals surface area (Å²) >= 11 is 4.76. The van der Waals surface area contributed by atoms with Crippen molar-refractivity contribution < 1.29 is 14.3 Å². The zero-order chi connectivity index (χ0) is 22.5. The van der Waals surface area contributed by atoms with Crippen LogP contribution in [-0.2, 0) is 22.5 Å². The Hall–Kier alpha value is -2.20. The Kier molecular flexibility index (Phi) is 5.61. The molecule has 3 aromatic rings. The molecule has 3 N–H and O–H groups in total. The number of nitrogens with two attached hydrogens (primary N) is 1. The molecule has 1 aromatic carbocycles. The van der Waals surface area contributed by atoms with Crippen LogP contribution >= 0.6 is 27.3 Å². The molecule has 0 aliphatic carbocycles. The summed E-state index contributed by atoms with van der Waals surface area (Å²) < 4.78 is 12.6. The molecule has 0 spiro atoms. The fourth-order valence-corrected chi connectivity index (χ4v) is 5.55. The maximum absolute atomic E-state index is 13.1. The molecule has 2 aromatic heterocycles. The van der Waals surface area contributed by atoms with Crippen molar-refractivity contribution in [2.24, 2.45) is 0 Å². The largest absolute Gasteiger partial charge is 0.397 e. The number of morpholine rings is 1. The normalized spacial score (nSPS) is 17.9. The highest BCUT2D eigenvalue weighted by Gasteiger charge is 2.34. The van der Waals surface area contributed by atoms with E-state index < -0.39 is 0 Å². The number of rotatable bonds is 3. The summed E-state index contributed by atoms with van der Waals surface area (Å²) in [5, 5.41) is 3.84. The van der Waals surface area contributed by atoms with Crippen molar-refractivity contribution in [2.75, 3.05) is 42.3 Å². The van der Waals surface area contributed by atoms with Crippen LogP contribution in [0.15, 0.2) is 28.7 Å². The minimum Gasteiger partial charge on any atom is -0.397 e. The molecule has 9 heteroatoms. The molecular formula is C23H25BrN4O3S. The summed E-state index contributed by atoms with van der Waals surface area (Å²) in [6.45, 7) is 7.56. The number of anilines is 3. The number of hydrogen-bond acceptors (Lipinski definition) is 7. The first-order chi connectivity index (χ1) is 15.3. The molecule has 5 rings (SSSR count). The van der Waals surface area contributed by atoms with E-state index in [-0.39, 0.29) is 11.5 Å². The fourth-order valence-electron chi connectivity index (χ4n) is 4.27. The second kappa shape index (κ2) is 8.30. The van der Waals surface area contributed by atoms with E-state index in [0.717, 1.165) is 44.7 Å². The molecule has 168 valence electrons. The predicted molar refractivity (Wildman–Crippen MR) is 132 cm³/mol. The second-order valence-corrected chi connectivity index (χ2v) is 10.6. The van der Waals surface area contributed by atoms with E-state index in [9.17, 15) is 4.79 Å². The highest BCUT2D eigenvalue weighted by molar-refractivity contribution is 9.10. The number of benzene rings is 1. The zero-order valence-electron chi connectivity index (χ0n) is 18.0. The Bertz CT molecular complexity index is 1190. The van der Waals surface area contributed by atoms with Crippen LogP contribution < -0.4 is 16.0 Å². The SMILES string of the molecule is CC1(C)Cc2c(c(N3CCOCC3)nc3sc(C(=O)Nc4ccc(Br)cc4)c(N)c23)CO1. The van der Waals surface area contributed by atoms with Gasteiger partial charge in [-0.2, -0.15) is 0 Å². The van der Waals surface area contributed by atoms with Crippen molar-refractivity contribution in [1.29, 1.82) is 0 Å². The second-order valence-electron chi connectivity index (χ2n) is 8.70. The van der Waals surface area contributed by atoms with Crippen LogP contribution in [0.25, 0.3) is 10.2 Å². The summed E-state index contributed by atoms with van der Waals surface area (Å²) in [5.74, 6) is 0.702. The number of thiophene rings is 1. The van der Waals surface area contributed by atoms with Crippen LogP contribution in [-0.4, -0.2) is 42.8 Å². The summed E-state index contributed by atoms with van der Waals surface area (Å²) in [6, 6.07) is 7.47. The van der Waals surface area contributed by atoms with Crippen molar-refractivity contribution in [3.05, 3.63) is 44.7 Å². The molecular weight excluding hydrogens is 492 g/mol. The maximum Gasteiger partial charge on any atom is 0.267 e. The first-order valence-electron chi connectivity index (χ1n) is 10.6. The van der Waals surface area contributed by atoms with E-state index in [1.807, 2.05) is 24.3 Å². The Labute approximate surface area is 199 Å². The summed E-state index contributed by atoms with van der Waals surface area (Å²) in [6.07, 6.45) is 0.716. The number of nitrogens with one attached hydrogen (secondary N) is 1. The van der Waals surface area contributed by atoms with Crippen molar-refractivity contribution in [2.45, 2.75) is 32.5 Å². The molecule has 2 aliphatic rings. The number of halogens is 1. The van der Waals surface area contributed by atoms with E-state index in [1.54, 1.807) is 0 Å². The van der Waals surface area contributed by atoms with Crippen molar-refractivity contribution in [1.82, 2.24) is 4.98 Å². The number of ether oxygens (including phenoxy) is 2. The topological polar surface area (TPSA) is 89.7 Å². The van der Waals surface area contributed by atoms with E-state index >= 15 is 0 Å². The third-order valence-electron chi connectivity index (χ3n) is 5.90. The average Bonchev–Trinajstić information content (AvgIpc) is 3.11. The standard InChI is InChI=1S/C23H25BrN4O3S/c1-23(2)11-15-16(12-31-23)20(28-7-9-30-10-8-28)27-22-17(15)18(25)19(32-22)21(29)26-14-5-3-13(24)4-6-14/h3-6H,7-12,25H2,1-2H3,(H,26,29). The van der Waals surface area contributed by atoms with Crippen LogP contribution in [0.5, 0.6) is 0 Å². The van der Waals surface area contributed by atoms with Crippen molar-refractivity contribution in [3.63, 3.8) is 0 Å². The van der Waals surface area contributed by atoms with E-state index in [2.05, 4.69) is 40.0 Å². The molecule has 1 saturated heterocycles. The lowest BCUT2D eigenvalue weighted by Crippen LogP contribution is -2.39. The van der Waals surface area contributed by atoms with Gasteiger partial charge in [-0.1, -0.05) is 15.9 Å². The van der Waals surface area contributed by atoms with Crippen LogP contribution in [0.1, 0.15) is 34.6 Å². The number of carbonyl (C=O) groups excluding carboxylic acids is 1. The number of amides is 1. The molecule has 2 aliphatic heterocycles. The number of hydrogen-bond donors (Lipinski definition) is 2.